The molecule has 0 aliphatic carbocycles. The maximum Gasteiger partial charge on any atom is 0.193 e. The van der Waals surface area contributed by atoms with Crippen LogP contribution in [-0.4, -0.2) is 82.9 Å². The van der Waals surface area contributed by atoms with Crippen molar-refractivity contribution in [2.45, 2.75) is 18.6 Å². The van der Waals surface area contributed by atoms with Crippen LogP contribution >= 0.6 is 11.8 Å². The quantitative estimate of drug-likeness (QED) is 0.601. The molecular weight excluding hydrogens is 314 g/mol. The molecule has 1 aromatic rings. The molecule has 2 aliphatic heterocycles. The van der Waals surface area contributed by atoms with Gasteiger partial charge in [-0.1, -0.05) is 5.16 Å². The van der Waals surface area contributed by atoms with Crippen molar-refractivity contribution in [3.8, 4) is 0 Å². The van der Waals surface area contributed by atoms with Crippen molar-refractivity contribution in [2.24, 2.45) is 4.99 Å². The Hall–Kier alpha value is -1.25. The minimum absolute atomic E-state index is 0.575. The number of aliphatic imine (C=N–C) groups is 1. The van der Waals surface area contributed by atoms with Crippen LogP contribution in [0, 0.1) is 0 Å². The first-order valence-electron chi connectivity index (χ1n) is 8.06. The largest absolute Gasteiger partial charge is 0.387 e. The number of guanidine groups is 1. The van der Waals surface area contributed by atoms with Gasteiger partial charge in [-0.2, -0.15) is 11.8 Å². The molecule has 0 spiro atoms. The number of hydrogen-bond acceptors (Lipinski definition) is 6. The molecule has 23 heavy (non-hydrogen) atoms. The number of hydrogen-bond donors (Lipinski definition) is 2. The number of nitrogens with one attached hydrogen (secondary N) is 1. The second-order valence-electron chi connectivity index (χ2n) is 6.18. The molecule has 0 saturated carbocycles. The van der Waals surface area contributed by atoms with Crippen molar-refractivity contribution in [3.05, 3.63) is 18.0 Å². The molecule has 3 rings (SSSR count). The zero-order chi connectivity index (χ0) is 16.1. The second kappa shape index (κ2) is 7.55. The van der Waals surface area contributed by atoms with E-state index in [1.807, 2.05) is 17.8 Å². The summed E-state index contributed by atoms with van der Waals surface area (Å²) in [6.45, 7) is 5.18. The predicted molar refractivity (Wildman–Crippen MR) is 91.6 cm³/mol. The maximum absolute atomic E-state index is 10.4. The molecule has 2 saturated heterocycles. The molecule has 2 fully saturated rings. The Balaban J connectivity index is 1.45. The average molecular weight is 339 g/mol. The summed E-state index contributed by atoms with van der Waals surface area (Å²) in [5, 5.41) is 17.8. The van der Waals surface area contributed by atoms with Crippen LogP contribution in [0.2, 0.25) is 0 Å². The number of nitrogens with zero attached hydrogens (tertiary/aromatic N) is 4. The molecule has 0 aromatic carbocycles. The van der Waals surface area contributed by atoms with Crippen molar-refractivity contribution >= 4 is 17.7 Å². The van der Waals surface area contributed by atoms with Gasteiger partial charge in [-0.3, -0.25) is 9.89 Å². The van der Waals surface area contributed by atoms with Gasteiger partial charge in [-0.05, 0) is 12.2 Å². The van der Waals surface area contributed by atoms with Crippen LogP contribution < -0.4 is 5.32 Å². The third kappa shape index (κ3) is 4.39. The first-order chi connectivity index (χ1) is 11.2. The van der Waals surface area contributed by atoms with Crippen LogP contribution in [0.5, 0.6) is 0 Å². The summed E-state index contributed by atoms with van der Waals surface area (Å²) in [5.74, 6) is 2.73. The van der Waals surface area contributed by atoms with E-state index in [1.165, 1.54) is 0 Å². The van der Waals surface area contributed by atoms with Crippen LogP contribution in [-0.2, 0) is 6.54 Å². The Morgan fingerprint density at radius 3 is 2.91 bits per heavy atom. The molecule has 1 aromatic heterocycles. The summed E-state index contributed by atoms with van der Waals surface area (Å²) in [7, 11) is 1.80. The molecule has 3 heterocycles. The fourth-order valence-corrected chi connectivity index (χ4v) is 4.27. The summed E-state index contributed by atoms with van der Waals surface area (Å²) >= 11 is 1.81. The van der Waals surface area contributed by atoms with E-state index in [0.717, 1.165) is 62.3 Å². The molecule has 1 unspecified atom stereocenters. The lowest BCUT2D eigenvalue weighted by molar-refractivity contribution is 0.0710. The number of rotatable bonds is 4. The monoisotopic (exact) mass is 339 g/mol. The highest BCUT2D eigenvalue weighted by atomic mass is 32.2. The van der Waals surface area contributed by atoms with Crippen molar-refractivity contribution in [3.63, 3.8) is 0 Å². The van der Waals surface area contributed by atoms with E-state index in [9.17, 15) is 5.11 Å². The number of aliphatic hydroxyl groups is 1. The van der Waals surface area contributed by atoms with E-state index in [4.69, 9.17) is 4.52 Å². The molecule has 0 amide bonds. The molecule has 8 heteroatoms. The highest BCUT2D eigenvalue weighted by Gasteiger charge is 2.32. The summed E-state index contributed by atoms with van der Waals surface area (Å²) in [5.41, 5.74) is 0.386. The standard InChI is InChI=1S/C15H25N5O2S/c1-16-14(17-11-15(21)3-9-23-12-15)20-6-4-19(5-7-20)10-13-2-8-22-18-13/h2,8,21H,3-7,9-12H2,1H3,(H,16,17). The number of aromatic nitrogens is 1. The van der Waals surface area contributed by atoms with Gasteiger partial charge in [0.2, 0.25) is 0 Å². The Morgan fingerprint density at radius 1 is 1.48 bits per heavy atom. The van der Waals surface area contributed by atoms with Crippen LogP contribution in [0.4, 0.5) is 0 Å². The Bertz CT molecular complexity index is 508. The molecular formula is C15H25N5O2S. The number of piperazine rings is 1. The Morgan fingerprint density at radius 2 is 2.30 bits per heavy atom. The lowest BCUT2D eigenvalue weighted by atomic mass is 10.0. The summed E-state index contributed by atoms with van der Waals surface area (Å²) in [6.07, 6.45) is 2.47. The highest BCUT2D eigenvalue weighted by molar-refractivity contribution is 7.99. The van der Waals surface area contributed by atoms with Crippen molar-refractivity contribution in [1.29, 1.82) is 0 Å². The van der Waals surface area contributed by atoms with E-state index in [2.05, 4.69) is 25.3 Å². The molecule has 2 aliphatic rings. The van der Waals surface area contributed by atoms with Gasteiger partial charge in [0.15, 0.2) is 5.96 Å². The van der Waals surface area contributed by atoms with Gasteiger partial charge in [-0.25, -0.2) is 0 Å². The molecule has 7 nitrogen and oxygen atoms in total. The van der Waals surface area contributed by atoms with Gasteiger partial charge in [-0.15, -0.1) is 0 Å². The van der Waals surface area contributed by atoms with E-state index < -0.39 is 5.60 Å². The van der Waals surface area contributed by atoms with Crippen LogP contribution in [0.3, 0.4) is 0 Å². The van der Waals surface area contributed by atoms with Gasteiger partial charge in [0.25, 0.3) is 0 Å². The van der Waals surface area contributed by atoms with Crippen molar-refractivity contribution < 1.29 is 9.63 Å². The smallest absolute Gasteiger partial charge is 0.193 e. The zero-order valence-corrected chi connectivity index (χ0v) is 14.4. The van der Waals surface area contributed by atoms with Gasteiger partial charge in [0.1, 0.15) is 6.26 Å². The Labute approximate surface area is 141 Å². The van der Waals surface area contributed by atoms with E-state index in [1.54, 1.807) is 13.3 Å². The molecule has 0 radical (unpaired) electrons. The van der Waals surface area contributed by atoms with Crippen LogP contribution in [0.15, 0.2) is 21.8 Å². The maximum atomic E-state index is 10.4. The van der Waals surface area contributed by atoms with Crippen LogP contribution in [0.1, 0.15) is 12.1 Å². The van der Waals surface area contributed by atoms with Crippen molar-refractivity contribution in [2.75, 3.05) is 51.3 Å². The lowest BCUT2D eigenvalue weighted by Crippen LogP contribution is -2.54. The van der Waals surface area contributed by atoms with Gasteiger partial charge >= 0.3 is 0 Å². The second-order valence-corrected chi connectivity index (χ2v) is 7.29. The third-order valence-electron chi connectivity index (χ3n) is 4.42. The summed E-state index contributed by atoms with van der Waals surface area (Å²) in [4.78, 5) is 8.99. The van der Waals surface area contributed by atoms with Gasteiger partial charge < -0.3 is 19.8 Å². The molecule has 1 atom stereocenters. The SMILES string of the molecule is CN=C(NCC1(O)CCSC1)N1CCN(Cc2ccon2)CC1. The highest BCUT2D eigenvalue weighted by Crippen LogP contribution is 2.27. The third-order valence-corrected chi connectivity index (χ3v) is 5.65. The summed E-state index contributed by atoms with van der Waals surface area (Å²) in [6, 6.07) is 1.91. The summed E-state index contributed by atoms with van der Waals surface area (Å²) < 4.78 is 4.88. The first kappa shape index (κ1) is 16.6. The Kier molecular flexibility index (Phi) is 5.45. The molecule has 2 N–H and O–H groups in total. The predicted octanol–water partition coefficient (Wildman–Crippen LogP) is 0.236. The normalized spacial score (nSPS) is 26.7. The molecule has 128 valence electrons. The fraction of sp³-hybridized carbons (Fsp3) is 0.733. The molecule has 0 bridgehead atoms. The minimum atomic E-state index is -0.588. The van der Waals surface area contributed by atoms with Gasteiger partial charge in [0.05, 0.1) is 11.3 Å². The minimum Gasteiger partial charge on any atom is -0.387 e. The van der Waals surface area contributed by atoms with Crippen LogP contribution in [0.25, 0.3) is 0 Å². The van der Waals surface area contributed by atoms with Crippen molar-refractivity contribution in [1.82, 2.24) is 20.3 Å². The van der Waals surface area contributed by atoms with E-state index in [-0.39, 0.29) is 0 Å². The van der Waals surface area contributed by atoms with Gasteiger partial charge in [0, 0.05) is 58.1 Å². The lowest BCUT2D eigenvalue weighted by Gasteiger charge is -2.37. The number of thioether (sulfide) groups is 1. The zero-order valence-electron chi connectivity index (χ0n) is 13.6. The topological polar surface area (TPSA) is 77.1 Å². The average Bonchev–Trinajstić information content (AvgIpc) is 3.22. The van der Waals surface area contributed by atoms with E-state index in [0.29, 0.717) is 6.54 Å². The fourth-order valence-electron chi connectivity index (χ4n) is 2.98. The first-order valence-corrected chi connectivity index (χ1v) is 9.21. The van der Waals surface area contributed by atoms with E-state index >= 15 is 0 Å².